The molecular weight excluding hydrogens is 284 g/mol. The Kier molecular flexibility index (Phi) is 4.73. The molecule has 1 aromatic rings. The van der Waals surface area contributed by atoms with Crippen LogP contribution >= 0.6 is 0 Å². The van der Waals surface area contributed by atoms with Crippen LogP contribution in [0.5, 0.6) is 0 Å². The molecule has 0 amide bonds. The number of hydrogen-bond donors (Lipinski definition) is 3. The summed E-state index contributed by atoms with van der Waals surface area (Å²) < 4.78 is 31.6. The molecule has 1 aliphatic heterocycles. The maximum Gasteiger partial charge on any atom is 0.342 e. The van der Waals surface area contributed by atoms with Gasteiger partial charge in [0.15, 0.2) is 5.03 Å². The SMILES string of the molecule is CCOC(=O)c1cn[nH]c1S(=O)(=O)NCC1CCCN1. The summed E-state index contributed by atoms with van der Waals surface area (Å²) in [5, 5.41) is 8.88. The Morgan fingerprint density at radius 1 is 1.60 bits per heavy atom. The van der Waals surface area contributed by atoms with Crippen LogP contribution in [-0.4, -0.2) is 50.3 Å². The van der Waals surface area contributed by atoms with E-state index in [9.17, 15) is 13.2 Å². The fourth-order valence-electron chi connectivity index (χ4n) is 2.05. The molecule has 3 N–H and O–H groups in total. The number of nitrogens with zero attached hydrogens (tertiary/aromatic N) is 1. The molecule has 2 heterocycles. The number of carbonyl (C=O) groups excluding carboxylic acids is 1. The van der Waals surface area contributed by atoms with Crippen LogP contribution in [0.4, 0.5) is 0 Å². The summed E-state index contributed by atoms with van der Waals surface area (Å²) in [6.07, 6.45) is 3.11. The fourth-order valence-corrected chi connectivity index (χ4v) is 3.21. The minimum atomic E-state index is -3.81. The Balaban J connectivity index is 2.09. The number of H-pyrrole nitrogens is 1. The zero-order valence-electron chi connectivity index (χ0n) is 11.2. The normalized spacial score (nSPS) is 19.1. The van der Waals surface area contributed by atoms with E-state index >= 15 is 0 Å². The van der Waals surface area contributed by atoms with Crippen molar-refractivity contribution in [2.45, 2.75) is 30.8 Å². The summed E-state index contributed by atoms with van der Waals surface area (Å²) in [5.74, 6) is -0.708. The molecular formula is C11H18N4O4S. The summed E-state index contributed by atoms with van der Waals surface area (Å²) in [5.41, 5.74) is -0.0845. The number of esters is 1. The molecule has 0 bridgehead atoms. The lowest BCUT2D eigenvalue weighted by Gasteiger charge is -2.11. The third kappa shape index (κ3) is 3.35. The molecule has 0 radical (unpaired) electrons. The molecule has 20 heavy (non-hydrogen) atoms. The van der Waals surface area contributed by atoms with Gasteiger partial charge in [-0.3, -0.25) is 5.10 Å². The van der Waals surface area contributed by atoms with Crippen molar-refractivity contribution < 1.29 is 17.9 Å². The fraction of sp³-hybridized carbons (Fsp3) is 0.636. The highest BCUT2D eigenvalue weighted by Crippen LogP contribution is 2.13. The number of ether oxygens (including phenoxy) is 1. The van der Waals surface area contributed by atoms with Gasteiger partial charge in [-0.2, -0.15) is 5.10 Å². The number of rotatable bonds is 6. The van der Waals surface area contributed by atoms with Crippen molar-refractivity contribution in [2.75, 3.05) is 19.7 Å². The van der Waals surface area contributed by atoms with Crippen LogP contribution in [0.3, 0.4) is 0 Å². The number of carbonyl (C=O) groups is 1. The number of hydrogen-bond acceptors (Lipinski definition) is 6. The Bertz CT molecular complexity index is 563. The molecule has 112 valence electrons. The quantitative estimate of drug-likeness (QED) is 0.617. The van der Waals surface area contributed by atoms with Gasteiger partial charge in [0.1, 0.15) is 5.56 Å². The first-order chi connectivity index (χ1) is 9.54. The van der Waals surface area contributed by atoms with Crippen LogP contribution in [0, 0.1) is 0 Å². The molecule has 0 aromatic carbocycles. The topological polar surface area (TPSA) is 113 Å². The Labute approximate surface area is 117 Å². The van der Waals surface area contributed by atoms with E-state index in [4.69, 9.17) is 4.74 Å². The molecule has 1 atom stereocenters. The van der Waals surface area contributed by atoms with E-state index in [1.807, 2.05) is 0 Å². The van der Waals surface area contributed by atoms with Gasteiger partial charge in [0.05, 0.1) is 12.8 Å². The van der Waals surface area contributed by atoms with Crippen molar-refractivity contribution in [2.24, 2.45) is 0 Å². The average Bonchev–Trinajstić information content (AvgIpc) is 3.08. The van der Waals surface area contributed by atoms with E-state index in [0.29, 0.717) is 0 Å². The summed E-state index contributed by atoms with van der Waals surface area (Å²) in [7, 11) is -3.81. The standard InChI is InChI=1S/C11H18N4O4S/c1-2-19-11(16)9-7-13-15-10(9)20(17,18)14-6-8-4-3-5-12-8/h7-8,12,14H,2-6H2,1H3,(H,13,15). The van der Waals surface area contributed by atoms with Gasteiger partial charge in [0.25, 0.3) is 10.0 Å². The molecule has 0 aliphatic carbocycles. The van der Waals surface area contributed by atoms with Gasteiger partial charge in [-0.1, -0.05) is 0 Å². The molecule has 9 heteroatoms. The predicted octanol–water partition coefficient (Wildman–Crippen LogP) is -0.383. The second kappa shape index (κ2) is 6.33. The molecule has 2 rings (SSSR count). The highest BCUT2D eigenvalue weighted by Gasteiger charge is 2.27. The van der Waals surface area contributed by atoms with E-state index < -0.39 is 16.0 Å². The predicted molar refractivity (Wildman–Crippen MR) is 70.8 cm³/mol. The van der Waals surface area contributed by atoms with Crippen LogP contribution in [0.1, 0.15) is 30.1 Å². The smallest absolute Gasteiger partial charge is 0.342 e. The first-order valence-corrected chi connectivity index (χ1v) is 7.96. The van der Waals surface area contributed by atoms with Gasteiger partial charge in [-0.15, -0.1) is 0 Å². The van der Waals surface area contributed by atoms with Crippen LogP contribution < -0.4 is 10.0 Å². The molecule has 1 aliphatic rings. The van der Waals surface area contributed by atoms with Gasteiger partial charge < -0.3 is 10.1 Å². The van der Waals surface area contributed by atoms with Crippen molar-refractivity contribution in [1.82, 2.24) is 20.2 Å². The van der Waals surface area contributed by atoms with E-state index in [-0.39, 0.29) is 29.8 Å². The highest BCUT2D eigenvalue weighted by molar-refractivity contribution is 7.89. The van der Waals surface area contributed by atoms with Gasteiger partial charge in [-0.05, 0) is 26.3 Å². The Hall–Kier alpha value is -1.45. The van der Waals surface area contributed by atoms with Crippen molar-refractivity contribution in [3.05, 3.63) is 11.8 Å². The van der Waals surface area contributed by atoms with E-state index in [1.54, 1.807) is 6.92 Å². The number of sulfonamides is 1. The zero-order valence-corrected chi connectivity index (χ0v) is 12.0. The second-order valence-corrected chi connectivity index (χ2v) is 6.18. The van der Waals surface area contributed by atoms with Crippen molar-refractivity contribution in [3.8, 4) is 0 Å². The first-order valence-electron chi connectivity index (χ1n) is 6.48. The largest absolute Gasteiger partial charge is 0.462 e. The Morgan fingerprint density at radius 3 is 3.05 bits per heavy atom. The van der Waals surface area contributed by atoms with Crippen molar-refractivity contribution in [1.29, 1.82) is 0 Å². The lowest BCUT2D eigenvalue weighted by molar-refractivity contribution is 0.0522. The molecule has 0 saturated carbocycles. The first kappa shape index (κ1) is 14.9. The molecule has 1 aromatic heterocycles. The lowest BCUT2D eigenvalue weighted by Crippen LogP contribution is -2.37. The monoisotopic (exact) mass is 302 g/mol. The van der Waals surface area contributed by atoms with E-state index in [2.05, 4.69) is 20.2 Å². The molecule has 8 nitrogen and oxygen atoms in total. The highest BCUT2D eigenvalue weighted by atomic mass is 32.2. The minimum Gasteiger partial charge on any atom is -0.462 e. The van der Waals surface area contributed by atoms with Crippen LogP contribution in [0.15, 0.2) is 11.2 Å². The van der Waals surface area contributed by atoms with E-state index in [0.717, 1.165) is 25.6 Å². The second-order valence-electron chi connectivity index (χ2n) is 4.48. The van der Waals surface area contributed by atoms with Crippen LogP contribution in [0.25, 0.3) is 0 Å². The summed E-state index contributed by atoms with van der Waals surface area (Å²) >= 11 is 0. The average molecular weight is 302 g/mol. The minimum absolute atomic E-state index is 0.0845. The van der Waals surface area contributed by atoms with Crippen molar-refractivity contribution in [3.63, 3.8) is 0 Å². The Morgan fingerprint density at radius 2 is 2.40 bits per heavy atom. The molecule has 1 saturated heterocycles. The maximum atomic E-state index is 12.2. The number of aromatic nitrogens is 2. The number of nitrogens with one attached hydrogen (secondary N) is 3. The lowest BCUT2D eigenvalue weighted by atomic mass is 10.2. The van der Waals surface area contributed by atoms with Crippen LogP contribution in [0.2, 0.25) is 0 Å². The third-order valence-corrected chi connectivity index (χ3v) is 4.45. The molecule has 1 unspecified atom stereocenters. The number of aromatic amines is 1. The summed E-state index contributed by atoms with van der Waals surface area (Å²) in [6, 6.07) is 0.124. The van der Waals surface area contributed by atoms with Gasteiger partial charge >= 0.3 is 5.97 Å². The summed E-state index contributed by atoms with van der Waals surface area (Å²) in [6.45, 7) is 2.99. The van der Waals surface area contributed by atoms with Crippen molar-refractivity contribution >= 4 is 16.0 Å². The van der Waals surface area contributed by atoms with Gasteiger partial charge in [-0.25, -0.2) is 17.9 Å². The van der Waals surface area contributed by atoms with E-state index in [1.165, 1.54) is 0 Å². The maximum absolute atomic E-state index is 12.2. The van der Waals surface area contributed by atoms with Crippen LogP contribution in [-0.2, 0) is 14.8 Å². The molecule has 1 fully saturated rings. The molecule has 0 spiro atoms. The summed E-state index contributed by atoms with van der Waals surface area (Å²) in [4.78, 5) is 11.6. The zero-order chi connectivity index (χ0) is 14.6. The van der Waals surface area contributed by atoms with Gasteiger partial charge in [0, 0.05) is 12.6 Å². The van der Waals surface area contributed by atoms with Gasteiger partial charge in [0.2, 0.25) is 0 Å². The third-order valence-electron chi connectivity index (χ3n) is 3.05.